The molecule has 0 unspecified atom stereocenters. The molecule has 3 heterocycles. The summed E-state index contributed by atoms with van der Waals surface area (Å²) in [6, 6.07) is 2.04. The average molecular weight is 299 g/mol. The third-order valence-corrected chi connectivity index (χ3v) is 4.09. The van der Waals surface area contributed by atoms with Gasteiger partial charge in [-0.1, -0.05) is 0 Å². The molecule has 108 valence electrons. The van der Waals surface area contributed by atoms with Gasteiger partial charge in [0.25, 0.3) is 0 Å². The van der Waals surface area contributed by atoms with E-state index in [1.165, 1.54) is 12.4 Å². The van der Waals surface area contributed by atoms with Crippen molar-refractivity contribution in [1.82, 2.24) is 14.5 Å². The smallest absolute Gasteiger partial charge is 0.319 e. The summed E-state index contributed by atoms with van der Waals surface area (Å²) in [4.78, 5) is 6.13. The van der Waals surface area contributed by atoms with E-state index in [9.17, 15) is 8.78 Å². The van der Waals surface area contributed by atoms with Crippen LogP contribution in [0.1, 0.15) is 24.0 Å². The molecule has 0 N–H and O–H groups in total. The normalized spacial score (nSPS) is 20.6. The van der Waals surface area contributed by atoms with E-state index in [4.69, 9.17) is 4.74 Å². The molecule has 20 heavy (non-hydrogen) atoms. The number of imidazole rings is 1. The maximum Gasteiger partial charge on any atom is 0.319 e. The molecule has 2 aromatic rings. The van der Waals surface area contributed by atoms with Crippen molar-refractivity contribution in [3.05, 3.63) is 40.6 Å². The third kappa shape index (κ3) is 2.89. The SMILES string of the molecule is FC(F)n1ccnc1CN1CCO[C@H](c2ccsc2)C1. The van der Waals surface area contributed by atoms with Crippen LogP contribution in [0.2, 0.25) is 0 Å². The van der Waals surface area contributed by atoms with Crippen LogP contribution in [0.25, 0.3) is 0 Å². The minimum Gasteiger partial charge on any atom is -0.371 e. The van der Waals surface area contributed by atoms with Crippen molar-refractivity contribution >= 4 is 11.3 Å². The molecule has 7 heteroatoms. The van der Waals surface area contributed by atoms with E-state index >= 15 is 0 Å². The molecule has 0 radical (unpaired) electrons. The number of halogens is 2. The van der Waals surface area contributed by atoms with Gasteiger partial charge in [0.15, 0.2) is 0 Å². The van der Waals surface area contributed by atoms with Crippen LogP contribution >= 0.6 is 11.3 Å². The molecule has 0 amide bonds. The summed E-state index contributed by atoms with van der Waals surface area (Å²) in [6.45, 7) is -0.0814. The summed E-state index contributed by atoms with van der Waals surface area (Å²) < 4.78 is 32.2. The Balaban J connectivity index is 1.67. The number of alkyl halides is 2. The summed E-state index contributed by atoms with van der Waals surface area (Å²) in [6.07, 6.45) is 2.75. The van der Waals surface area contributed by atoms with Gasteiger partial charge >= 0.3 is 6.55 Å². The molecule has 3 rings (SSSR count). The van der Waals surface area contributed by atoms with E-state index in [2.05, 4.69) is 15.3 Å². The third-order valence-electron chi connectivity index (χ3n) is 3.39. The van der Waals surface area contributed by atoms with Gasteiger partial charge in [0, 0.05) is 25.5 Å². The number of nitrogens with zero attached hydrogens (tertiary/aromatic N) is 3. The predicted molar refractivity (Wildman–Crippen MR) is 71.8 cm³/mol. The van der Waals surface area contributed by atoms with Gasteiger partial charge in [-0.15, -0.1) is 0 Å². The standard InChI is InChI=1S/C13H15F2N3OS/c14-13(15)18-3-2-16-12(18)8-17-4-5-19-11(7-17)10-1-6-20-9-10/h1-3,6,9,11,13H,4-5,7-8H2/t11-/m0/s1. The van der Waals surface area contributed by atoms with Crippen LogP contribution in [0.5, 0.6) is 0 Å². The van der Waals surface area contributed by atoms with Crippen LogP contribution in [-0.2, 0) is 11.3 Å². The minimum absolute atomic E-state index is 0.0185. The lowest BCUT2D eigenvalue weighted by atomic mass is 10.1. The molecule has 2 aromatic heterocycles. The Labute approximate surface area is 119 Å². The largest absolute Gasteiger partial charge is 0.371 e. The monoisotopic (exact) mass is 299 g/mol. The van der Waals surface area contributed by atoms with Crippen molar-refractivity contribution in [1.29, 1.82) is 0 Å². The molecule has 4 nitrogen and oxygen atoms in total. The Morgan fingerprint density at radius 1 is 1.50 bits per heavy atom. The average Bonchev–Trinajstić information content (AvgIpc) is 3.10. The molecular weight excluding hydrogens is 284 g/mol. The van der Waals surface area contributed by atoms with Gasteiger partial charge in [0.2, 0.25) is 0 Å². The van der Waals surface area contributed by atoms with Crippen LogP contribution in [0, 0.1) is 0 Å². The zero-order valence-electron chi connectivity index (χ0n) is 10.8. The second kappa shape index (κ2) is 5.99. The Hall–Kier alpha value is -1.31. The van der Waals surface area contributed by atoms with Crippen LogP contribution in [0.3, 0.4) is 0 Å². The first-order valence-corrected chi connectivity index (χ1v) is 7.34. The molecular formula is C13H15F2N3OS. The lowest BCUT2D eigenvalue weighted by Gasteiger charge is -2.32. The maximum absolute atomic E-state index is 12.8. The highest BCUT2D eigenvalue weighted by Crippen LogP contribution is 2.25. The topological polar surface area (TPSA) is 30.3 Å². The van der Waals surface area contributed by atoms with Crippen molar-refractivity contribution in [2.45, 2.75) is 19.2 Å². The number of aromatic nitrogens is 2. The second-order valence-electron chi connectivity index (χ2n) is 4.68. The van der Waals surface area contributed by atoms with Crippen LogP contribution < -0.4 is 0 Å². The Morgan fingerprint density at radius 3 is 3.15 bits per heavy atom. The first-order valence-electron chi connectivity index (χ1n) is 6.40. The molecule has 0 aromatic carbocycles. The molecule has 0 spiro atoms. The van der Waals surface area contributed by atoms with E-state index in [1.807, 2.05) is 11.4 Å². The summed E-state index contributed by atoms with van der Waals surface area (Å²) in [7, 11) is 0. The summed E-state index contributed by atoms with van der Waals surface area (Å²) in [5.74, 6) is 0.394. The van der Waals surface area contributed by atoms with E-state index < -0.39 is 6.55 Å². The fourth-order valence-electron chi connectivity index (χ4n) is 2.35. The lowest BCUT2D eigenvalue weighted by molar-refractivity contribution is -0.0350. The summed E-state index contributed by atoms with van der Waals surface area (Å²) >= 11 is 1.63. The highest BCUT2D eigenvalue weighted by atomic mass is 32.1. The fraction of sp³-hybridized carbons (Fsp3) is 0.462. The van der Waals surface area contributed by atoms with E-state index in [0.717, 1.165) is 16.7 Å². The molecule has 1 aliphatic heterocycles. The number of rotatable bonds is 4. The van der Waals surface area contributed by atoms with Crippen molar-refractivity contribution < 1.29 is 13.5 Å². The Morgan fingerprint density at radius 2 is 2.40 bits per heavy atom. The van der Waals surface area contributed by atoms with Crippen LogP contribution in [0.4, 0.5) is 8.78 Å². The molecule has 0 saturated carbocycles. The number of thiophene rings is 1. The van der Waals surface area contributed by atoms with Crippen molar-refractivity contribution in [2.24, 2.45) is 0 Å². The molecule has 0 bridgehead atoms. The maximum atomic E-state index is 12.8. The highest BCUT2D eigenvalue weighted by Gasteiger charge is 2.24. The lowest BCUT2D eigenvalue weighted by Crippen LogP contribution is -2.38. The minimum atomic E-state index is -2.54. The summed E-state index contributed by atoms with van der Waals surface area (Å²) in [5.41, 5.74) is 1.15. The van der Waals surface area contributed by atoms with Crippen molar-refractivity contribution in [2.75, 3.05) is 19.7 Å². The fourth-order valence-corrected chi connectivity index (χ4v) is 3.05. The zero-order chi connectivity index (χ0) is 13.9. The van der Waals surface area contributed by atoms with Gasteiger partial charge < -0.3 is 4.74 Å². The van der Waals surface area contributed by atoms with Gasteiger partial charge in [-0.2, -0.15) is 20.1 Å². The van der Waals surface area contributed by atoms with Crippen LogP contribution in [-0.4, -0.2) is 34.1 Å². The van der Waals surface area contributed by atoms with E-state index in [-0.39, 0.29) is 6.10 Å². The number of morpholine rings is 1. The first-order chi connectivity index (χ1) is 9.74. The zero-order valence-corrected chi connectivity index (χ0v) is 11.6. The van der Waals surface area contributed by atoms with Gasteiger partial charge in [-0.3, -0.25) is 9.47 Å². The Kier molecular flexibility index (Phi) is 4.09. The molecule has 1 aliphatic rings. The molecule has 1 fully saturated rings. The quantitative estimate of drug-likeness (QED) is 0.869. The van der Waals surface area contributed by atoms with Gasteiger partial charge in [-0.05, 0) is 22.4 Å². The molecule has 1 atom stereocenters. The molecule has 1 saturated heterocycles. The van der Waals surface area contributed by atoms with Gasteiger partial charge in [0.1, 0.15) is 5.82 Å². The highest BCUT2D eigenvalue weighted by molar-refractivity contribution is 7.07. The van der Waals surface area contributed by atoms with Gasteiger partial charge in [-0.25, -0.2) is 4.98 Å². The van der Waals surface area contributed by atoms with Gasteiger partial charge in [0.05, 0.1) is 19.3 Å². The van der Waals surface area contributed by atoms with E-state index in [1.54, 1.807) is 11.3 Å². The van der Waals surface area contributed by atoms with Crippen LogP contribution in [0.15, 0.2) is 29.2 Å². The predicted octanol–water partition coefficient (Wildman–Crippen LogP) is 2.91. The number of hydrogen-bond donors (Lipinski definition) is 0. The second-order valence-corrected chi connectivity index (χ2v) is 5.46. The van der Waals surface area contributed by atoms with Crippen molar-refractivity contribution in [3.8, 4) is 0 Å². The number of hydrogen-bond acceptors (Lipinski definition) is 4. The number of ether oxygens (including phenoxy) is 1. The summed E-state index contributed by atoms with van der Waals surface area (Å²) in [5, 5.41) is 4.08. The first kappa shape index (κ1) is 13.7. The van der Waals surface area contributed by atoms with E-state index in [0.29, 0.717) is 25.5 Å². The van der Waals surface area contributed by atoms with Crippen molar-refractivity contribution in [3.63, 3.8) is 0 Å². The Bertz CT molecular complexity index is 544. The molecule has 0 aliphatic carbocycles.